The molecule has 0 heterocycles. The molecule has 0 saturated heterocycles. The highest BCUT2D eigenvalue weighted by Gasteiger charge is 2.34. The zero-order valence-corrected chi connectivity index (χ0v) is 13.8. The van der Waals surface area contributed by atoms with Crippen LogP contribution in [-0.4, -0.2) is 11.6 Å². The van der Waals surface area contributed by atoms with Gasteiger partial charge in [-0.3, -0.25) is 9.59 Å². The van der Waals surface area contributed by atoms with Gasteiger partial charge in [0.1, 0.15) is 0 Å². The fourth-order valence-electron chi connectivity index (χ4n) is 2.60. The summed E-state index contributed by atoms with van der Waals surface area (Å²) in [6, 6.07) is 6.74. The quantitative estimate of drug-likeness (QED) is 0.661. The number of carbonyl (C=O) groups is 2. The van der Waals surface area contributed by atoms with Crippen LogP contribution in [0.5, 0.6) is 0 Å². The molecule has 1 aliphatic carbocycles. The summed E-state index contributed by atoms with van der Waals surface area (Å²) in [6.07, 6.45) is 3.25. The number of hydrogen-bond acceptors (Lipinski definition) is 4. The number of ketones is 2. The van der Waals surface area contributed by atoms with Crippen molar-refractivity contribution in [2.24, 2.45) is 11.5 Å². The van der Waals surface area contributed by atoms with Crippen LogP contribution < -0.4 is 11.5 Å². The van der Waals surface area contributed by atoms with E-state index in [9.17, 15) is 9.59 Å². The Bertz CT molecular complexity index is 863. The average Bonchev–Trinajstić information content (AvgIpc) is 2.54. The van der Waals surface area contributed by atoms with Gasteiger partial charge in [0.05, 0.1) is 5.57 Å². The third kappa shape index (κ3) is 2.99. The molecule has 4 nitrogen and oxygen atoms in total. The van der Waals surface area contributed by atoms with E-state index in [1.54, 1.807) is 50.3 Å². The number of carbonyl (C=O) groups excluding carboxylic acids is 2. The van der Waals surface area contributed by atoms with Gasteiger partial charge in [-0.05, 0) is 31.1 Å². The summed E-state index contributed by atoms with van der Waals surface area (Å²) in [6.45, 7) is 10.9. The molecule has 2 rings (SSSR count). The van der Waals surface area contributed by atoms with Crippen LogP contribution in [0.3, 0.4) is 0 Å². The van der Waals surface area contributed by atoms with Gasteiger partial charge < -0.3 is 11.5 Å². The first-order valence-corrected chi connectivity index (χ1v) is 7.43. The van der Waals surface area contributed by atoms with Crippen LogP contribution in [0.4, 0.5) is 0 Å². The molecule has 0 atom stereocenters. The first kappa shape index (κ1) is 17.2. The van der Waals surface area contributed by atoms with Gasteiger partial charge in [-0.25, -0.2) is 0 Å². The molecule has 1 aromatic carbocycles. The second-order valence-electron chi connectivity index (χ2n) is 5.70. The maximum atomic E-state index is 13.0. The number of benzene rings is 1. The van der Waals surface area contributed by atoms with Gasteiger partial charge in [-0.2, -0.15) is 0 Å². The molecule has 1 aliphatic rings. The highest BCUT2D eigenvalue weighted by molar-refractivity contribution is 6.31. The molecule has 0 unspecified atom stereocenters. The summed E-state index contributed by atoms with van der Waals surface area (Å²) in [4.78, 5) is 25.8. The number of hydrogen-bond donors (Lipinski definition) is 2. The van der Waals surface area contributed by atoms with Crippen molar-refractivity contribution in [2.75, 3.05) is 0 Å². The van der Waals surface area contributed by atoms with Gasteiger partial charge in [0.15, 0.2) is 11.6 Å². The lowest BCUT2D eigenvalue weighted by Gasteiger charge is -2.22. The van der Waals surface area contributed by atoms with Crippen LogP contribution in [0.15, 0.2) is 83.3 Å². The first-order valence-electron chi connectivity index (χ1n) is 7.43. The number of rotatable bonds is 3. The summed E-state index contributed by atoms with van der Waals surface area (Å²) in [5.74, 6) is -0.483. The minimum atomic E-state index is -0.250. The molecule has 0 amide bonds. The van der Waals surface area contributed by atoms with Crippen LogP contribution in [-0.2, 0) is 0 Å². The van der Waals surface area contributed by atoms with Gasteiger partial charge in [-0.15, -0.1) is 0 Å². The van der Waals surface area contributed by atoms with E-state index in [1.165, 1.54) is 0 Å². The zero-order valence-electron chi connectivity index (χ0n) is 13.8. The molecule has 0 spiro atoms. The Morgan fingerprint density at radius 3 is 1.88 bits per heavy atom. The Balaban J connectivity index is 2.72. The maximum absolute atomic E-state index is 13.0. The third-order valence-corrected chi connectivity index (χ3v) is 3.87. The van der Waals surface area contributed by atoms with Crippen molar-refractivity contribution in [1.29, 1.82) is 0 Å². The molecule has 0 saturated carbocycles. The summed E-state index contributed by atoms with van der Waals surface area (Å²) in [5.41, 5.74) is 14.5. The lowest BCUT2D eigenvalue weighted by Crippen LogP contribution is -2.26. The van der Waals surface area contributed by atoms with Crippen LogP contribution in [0, 0.1) is 0 Å². The molecule has 4 heteroatoms. The van der Waals surface area contributed by atoms with E-state index in [2.05, 4.69) is 13.2 Å². The van der Waals surface area contributed by atoms with Crippen molar-refractivity contribution >= 4 is 11.6 Å². The molecular weight excluding hydrogens is 300 g/mol. The Morgan fingerprint density at radius 2 is 1.42 bits per heavy atom. The first-order chi connectivity index (χ1) is 11.3. The van der Waals surface area contributed by atoms with E-state index in [0.717, 1.165) is 0 Å². The Hall–Kier alpha value is -3.14. The molecule has 1 aromatic rings. The van der Waals surface area contributed by atoms with Crippen molar-refractivity contribution in [3.05, 3.63) is 94.4 Å². The lowest BCUT2D eigenvalue weighted by molar-refractivity contribution is 0.0971. The summed E-state index contributed by atoms with van der Waals surface area (Å²) < 4.78 is 0. The van der Waals surface area contributed by atoms with Crippen LogP contribution in [0.2, 0.25) is 0 Å². The summed E-state index contributed by atoms with van der Waals surface area (Å²) in [5, 5.41) is 0. The Morgan fingerprint density at radius 1 is 0.917 bits per heavy atom. The normalized spacial score (nSPS) is 18.4. The third-order valence-electron chi connectivity index (χ3n) is 3.87. The molecular formula is C20H20N2O2. The monoisotopic (exact) mass is 320 g/mol. The van der Waals surface area contributed by atoms with Crippen molar-refractivity contribution < 1.29 is 9.59 Å². The van der Waals surface area contributed by atoms with E-state index in [0.29, 0.717) is 33.7 Å². The van der Waals surface area contributed by atoms with Gasteiger partial charge in [0, 0.05) is 28.1 Å². The molecule has 0 bridgehead atoms. The second kappa shape index (κ2) is 6.54. The topological polar surface area (TPSA) is 86.2 Å². The largest absolute Gasteiger partial charge is 0.402 e. The van der Waals surface area contributed by atoms with E-state index in [4.69, 9.17) is 11.5 Å². The van der Waals surface area contributed by atoms with Gasteiger partial charge in [0.25, 0.3) is 0 Å². The minimum Gasteiger partial charge on any atom is -0.402 e. The molecule has 0 fully saturated rings. The molecule has 122 valence electrons. The summed E-state index contributed by atoms with van der Waals surface area (Å²) >= 11 is 0. The standard InChI is InChI=1S/C20H20N2O2/c1-11(9-10-12(2)21)13(3)17-18(14(4)22)20(24)16-8-6-5-7-15(16)19(17)23/h5-10H,1-2,21-22H2,3-4H3/b10-9-,17-13-,18-14-. The molecule has 0 aromatic heterocycles. The SMILES string of the molecule is C=C(N)/C=C\C(=C)/C(C)=C1\C(=O)c2ccccc2C(=O)\C1=C(\C)N. The van der Waals surface area contributed by atoms with Gasteiger partial charge in [-0.1, -0.05) is 43.5 Å². The Labute approximate surface area is 141 Å². The molecule has 24 heavy (non-hydrogen) atoms. The zero-order chi connectivity index (χ0) is 18.0. The number of nitrogens with two attached hydrogens (primary N) is 2. The smallest absolute Gasteiger partial charge is 0.196 e. The average molecular weight is 320 g/mol. The second-order valence-corrected chi connectivity index (χ2v) is 5.70. The highest BCUT2D eigenvalue weighted by atomic mass is 16.1. The van der Waals surface area contributed by atoms with Crippen LogP contribution in [0.1, 0.15) is 34.6 Å². The highest BCUT2D eigenvalue weighted by Crippen LogP contribution is 2.34. The Kier molecular flexibility index (Phi) is 4.69. The fourth-order valence-corrected chi connectivity index (χ4v) is 2.60. The lowest BCUT2D eigenvalue weighted by atomic mass is 9.78. The summed E-state index contributed by atoms with van der Waals surface area (Å²) in [7, 11) is 0. The van der Waals surface area contributed by atoms with Crippen molar-refractivity contribution in [3.8, 4) is 0 Å². The molecule has 4 N–H and O–H groups in total. The van der Waals surface area contributed by atoms with E-state index in [1.807, 2.05) is 0 Å². The fraction of sp³-hybridized carbons (Fsp3) is 0.100. The number of Topliss-reactive ketones (excluding diaryl/α,β-unsaturated/α-hetero) is 2. The predicted molar refractivity (Wildman–Crippen MR) is 96.3 cm³/mol. The van der Waals surface area contributed by atoms with Crippen LogP contribution >= 0.6 is 0 Å². The van der Waals surface area contributed by atoms with E-state index < -0.39 is 0 Å². The predicted octanol–water partition coefficient (Wildman–Crippen LogP) is 3.20. The molecule has 0 aliphatic heterocycles. The van der Waals surface area contributed by atoms with Crippen molar-refractivity contribution in [2.45, 2.75) is 13.8 Å². The van der Waals surface area contributed by atoms with Crippen molar-refractivity contribution in [1.82, 2.24) is 0 Å². The van der Waals surface area contributed by atoms with Crippen LogP contribution in [0.25, 0.3) is 0 Å². The van der Waals surface area contributed by atoms with Gasteiger partial charge >= 0.3 is 0 Å². The number of allylic oxidation sites excluding steroid dienone is 7. The van der Waals surface area contributed by atoms with E-state index >= 15 is 0 Å². The van der Waals surface area contributed by atoms with Crippen molar-refractivity contribution in [3.63, 3.8) is 0 Å². The van der Waals surface area contributed by atoms with E-state index in [-0.39, 0.29) is 22.7 Å². The number of fused-ring (bicyclic) bond motifs is 1. The minimum absolute atomic E-state index is 0.233. The van der Waals surface area contributed by atoms with Gasteiger partial charge in [0.2, 0.25) is 0 Å². The molecule has 0 radical (unpaired) electrons. The maximum Gasteiger partial charge on any atom is 0.196 e.